The number of ketones is 2. The van der Waals surface area contributed by atoms with E-state index in [0.717, 1.165) is 5.75 Å². The van der Waals surface area contributed by atoms with Gasteiger partial charge in [-0.25, -0.2) is 0 Å². The summed E-state index contributed by atoms with van der Waals surface area (Å²) in [7, 11) is 0. The number of hydrogen-bond acceptors (Lipinski definition) is 3. The zero-order valence-electron chi connectivity index (χ0n) is 11.4. The Morgan fingerprint density at radius 2 is 1.61 bits per heavy atom. The molecule has 0 aromatic heterocycles. The van der Waals surface area contributed by atoms with Gasteiger partial charge in [0.2, 0.25) is 0 Å². The van der Waals surface area contributed by atoms with Gasteiger partial charge in [-0.05, 0) is 38.1 Å². The van der Waals surface area contributed by atoms with Crippen molar-refractivity contribution < 1.29 is 14.3 Å². The van der Waals surface area contributed by atoms with Crippen molar-refractivity contribution in [2.24, 2.45) is 5.92 Å². The van der Waals surface area contributed by atoms with E-state index in [1.165, 1.54) is 0 Å². The molecule has 98 valence electrons. The molecule has 0 radical (unpaired) electrons. The highest BCUT2D eigenvalue weighted by Crippen LogP contribution is 2.15. The summed E-state index contributed by atoms with van der Waals surface area (Å²) < 4.78 is 5.49. The molecular formula is C15H20O3. The van der Waals surface area contributed by atoms with Crippen LogP contribution in [0.15, 0.2) is 24.3 Å². The Labute approximate surface area is 108 Å². The van der Waals surface area contributed by atoms with Gasteiger partial charge in [-0.15, -0.1) is 0 Å². The fourth-order valence-electron chi connectivity index (χ4n) is 1.46. The molecule has 0 bridgehead atoms. The Balaban J connectivity index is 2.67. The summed E-state index contributed by atoms with van der Waals surface area (Å²) in [5, 5.41) is 0. The smallest absolute Gasteiger partial charge is 0.170 e. The highest BCUT2D eigenvalue weighted by atomic mass is 16.5. The van der Waals surface area contributed by atoms with Gasteiger partial charge >= 0.3 is 0 Å². The molecule has 0 atom stereocenters. The molecule has 0 amide bonds. The average Bonchev–Trinajstić information content (AvgIpc) is 2.28. The maximum atomic E-state index is 11.8. The highest BCUT2D eigenvalue weighted by Gasteiger charge is 2.14. The second-order valence-electron chi connectivity index (χ2n) is 4.91. The largest absolute Gasteiger partial charge is 0.491 e. The summed E-state index contributed by atoms with van der Waals surface area (Å²) >= 11 is 0. The van der Waals surface area contributed by atoms with Gasteiger partial charge in [0.05, 0.1) is 12.5 Å². The van der Waals surface area contributed by atoms with E-state index < -0.39 is 0 Å². The van der Waals surface area contributed by atoms with E-state index in [1.54, 1.807) is 38.1 Å². The van der Waals surface area contributed by atoms with E-state index in [2.05, 4.69) is 0 Å². The second-order valence-corrected chi connectivity index (χ2v) is 4.91. The number of hydrogen-bond donors (Lipinski definition) is 0. The first-order chi connectivity index (χ1) is 8.40. The first-order valence-electron chi connectivity index (χ1n) is 6.22. The third-order valence-corrected chi connectivity index (χ3v) is 2.53. The molecule has 0 saturated heterocycles. The van der Waals surface area contributed by atoms with Crippen LogP contribution in [0.25, 0.3) is 0 Å². The van der Waals surface area contributed by atoms with E-state index in [1.807, 2.05) is 13.8 Å². The number of ether oxygens (including phenoxy) is 1. The van der Waals surface area contributed by atoms with E-state index >= 15 is 0 Å². The lowest BCUT2D eigenvalue weighted by molar-refractivity contribution is -0.121. The van der Waals surface area contributed by atoms with Crippen LogP contribution in [0, 0.1) is 5.92 Å². The summed E-state index contributed by atoms with van der Waals surface area (Å²) in [6.45, 7) is 7.49. The van der Waals surface area contributed by atoms with Crippen molar-refractivity contribution in [2.75, 3.05) is 0 Å². The van der Waals surface area contributed by atoms with E-state index in [-0.39, 0.29) is 30.0 Å². The van der Waals surface area contributed by atoms with Crippen LogP contribution in [0.2, 0.25) is 0 Å². The lowest BCUT2D eigenvalue weighted by Gasteiger charge is -2.10. The van der Waals surface area contributed by atoms with Gasteiger partial charge in [0.15, 0.2) is 5.78 Å². The predicted octanol–water partition coefficient (Wildman–Crippen LogP) is 3.27. The monoisotopic (exact) mass is 248 g/mol. The van der Waals surface area contributed by atoms with E-state index in [9.17, 15) is 9.59 Å². The Kier molecular flexibility index (Phi) is 5.08. The zero-order chi connectivity index (χ0) is 13.7. The van der Waals surface area contributed by atoms with Crippen LogP contribution < -0.4 is 4.74 Å². The molecule has 0 N–H and O–H groups in total. The molecule has 0 aliphatic carbocycles. The molecule has 0 aliphatic heterocycles. The Bertz CT molecular complexity index is 416. The van der Waals surface area contributed by atoms with Crippen LogP contribution in [0.5, 0.6) is 5.75 Å². The van der Waals surface area contributed by atoms with E-state index in [4.69, 9.17) is 4.74 Å². The lowest BCUT2D eigenvalue weighted by atomic mass is 10.00. The van der Waals surface area contributed by atoms with Gasteiger partial charge in [-0.3, -0.25) is 9.59 Å². The van der Waals surface area contributed by atoms with Gasteiger partial charge < -0.3 is 4.74 Å². The quantitative estimate of drug-likeness (QED) is 0.573. The average molecular weight is 248 g/mol. The number of carbonyl (C=O) groups is 2. The van der Waals surface area contributed by atoms with Gasteiger partial charge in [-0.1, -0.05) is 13.8 Å². The first kappa shape index (κ1) is 14.4. The third-order valence-electron chi connectivity index (χ3n) is 2.53. The number of rotatable bonds is 6. The summed E-state index contributed by atoms with van der Waals surface area (Å²) in [5.74, 6) is 0.474. The van der Waals surface area contributed by atoms with Gasteiger partial charge in [0, 0.05) is 11.5 Å². The minimum absolute atomic E-state index is 0.0255. The number of benzene rings is 1. The predicted molar refractivity (Wildman–Crippen MR) is 71.0 cm³/mol. The van der Waals surface area contributed by atoms with Crippen LogP contribution in [0.4, 0.5) is 0 Å². The van der Waals surface area contributed by atoms with Gasteiger partial charge in [-0.2, -0.15) is 0 Å². The zero-order valence-corrected chi connectivity index (χ0v) is 11.4. The van der Waals surface area contributed by atoms with Gasteiger partial charge in [0.25, 0.3) is 0 Å². The molecule has 1 rings (SSSR count). The topological polar surface area (TPSA) is 43.4 Å². The maximum absolute atomic E-state index is 11.8. The highest BCUT2D eigenvalue weighted by molar-refractivity contribution is 6.08. The summed E-state index contributed by atoms with van der Waals surface area (Å²) in [5.41, 5.74) is 0.556. The summed E-state index contributed by atoms with van der Waals surface area (Å²) in [6.07, 6.45) is 0.0799. The van der Waals surface area contributed by atoms with Crippen LogP contribution in [-0.4, -0.2) is 17.7 Å². The molecular weight excluding hydrogens is 228 g/mol. The lowest BCUT2D eigenvalue weighted by Crippen LogP contribution is -2.13. The molecule has 3 heteroatoms. The Morgan fingerprint density at radius 3 is 2.06 bits per heavy atom. The van der Waals surface area contributed by atoms with Crippen molar-refractivity contribution in [3.8, 4) is 5.75 Å². The molecule has 0 aliphatic rings. The maximum Gasteiger partial charge on any atom is 0.170 e. The second kappa shape index (κ2) is 6.34. The molecule has 0 saturated carbocycles. The Morgan fingerprint density at radius 1 is 1.06 bits per heavy atom. The molecule has 0 fully saturated rings. The number of carbonyl (C=O) groups excluding carboxylic acids is 2. The summed E-state index contributed by atoms with van der Waals surface area (Å²) in [6, 6.07) is 6.92. The molecule has 1 aromatic carbocycles. The Hall–Kier alpha value is -1.64. The fourth-order valence-corrected chi connectivity index (χ4v) is 1.46. The van der Waals surface area contributed by atoms with Crippen LogP contribution in [0.1, 0.15) is 44.5 Å². The molecule has 3 nitrogen and oxygen atoms in total. The first-order valence-corrected chi connectivity index (χ1v) is 6.22. The minimum Gasteiger partial charge on any atom is -0.491 e. The molecule has 1 aromatic rings. The molecule has 18 heavy (non-hydrogen) atoms. The minimum atomic E-state index is -0.134. The normalized spacial score (nSPS) is 10.8. The van der Waals surface area contributed by atoms with Crippen molar-refractivity contribution >= 4 is 11.6 Å². The summed E-state index contributed by atoms with van der Waals surface area (Å²) in [4.78, 5) is 23.3. The van der Waals surface area contributed by atoms with Crippen molar-refractivity contribution in [3.63, 3.8) is 0 Å². The molecule has 0 unspecified atom stereocenters. The van der Waals surface area contributed by atoms with Crippen LogP contribution in [0.3, 0.4) is 0 Å². The molecule has 0 spiro atoms. The van der Waals surface area contributed by atoms with Crippen molar-refractivity contribution in [1.82, 2.24) is 0 Å². The van der Waals surface area contributed by atoms with Crippen molar-refractivity contribution in [1.29, 1.82) is 0 Å². The van der Waals surface area contributed by atoms with Crippen LogP contribution in [-0.2, 0) is 4.79 Å². The molecule has 0 heterocycles. The van der Waals surface area contributed by atoms with Crippen molar-refractivity contribution in [3.05, 3.63) is 29.8 Å². The van der Waals surface area contributed by atoms with Crippen LogP contribution >= 0.6 is 0 Å². The van der Waals surface area contributed by atoms with E-state index in [0.29, 0.717) is 5.56 Å². The third kappa shape index (κ3) is 4.32. The standard InChI is InChI=1S/C15H20O3/c1-10(2)14(16)9-15(17)12-5-7-13(8-6-12)18-11(3)4/h5-8,10-11H,9H2,1-4H3. The fraction of sp³-hybridized carbons (Fsp3) is 0.467. The SMILES string of the molecule is CC(C)Oc1ccc(C(=O)CC(=O)C(C)C)cc1. The van der Waals surface area contributed by atoms with Crippen molar-refractivity contribution in [2.45, 2.75) is 40.2 Å². The van der Waals surface area contributed by atoms with Gasteiger partial charge in [0.1, 0.15) is 11.5 Å². The number of Topliss-reactive ketones (excluding diaryl/α,β-unsaturated/α-hetero) is 2.